The molecule has 0 saturated carbocycles. The van der Waals surface area contributed by atoms with Crippen LogP contribution in [-0.2, 0) is 14.3 Å². The van der Waals surface area contributed by atoms with Crippen molar-refractivity contribution in [3.8, 4) is 11.8 Å². The number of carbonyl (C=O) groups is 1. The van der Waals surface area contributed by atoms with E-state index in [4.69, 9.17) is 19.5 Å². The lowest BCUT2D eigenvalue weighted by Gasteiger charge is -2.29. The Hall–Kier alpha value is -2.14. The summed E-state index contributed by atoms with van der Waals surface area (Å²) in [5.41, 5.74) is 0.602. The van der Waals surface area contributed by atoms with Crippen molar-refractivity contribution in [3.63, 3.8) is 0 Å². The third-order valence-corrected chi connectivity index (χ3v) is 4.08. The summed E-state index contributed by atoms with van der Waals surface area (Å²) in [7, 11) is 1.40. The summed E-state index contributed by atoms with van der Waals surface area (Å²) in [6.07, 6.45) is 0. The predicted octanol–water partition coefficient (Wildman–Crippen LogP) is 0.744. The smallest absolute Gasteiger partial charge is 0.319 e. The summed E-state index contributed by atoms with van der Waals surface area (Å²) in [6, 6.07) is 9.07. The standard InChI is InChI=1S/C18H25N3O4/c1-23-18(22)15-21(7-6-20-8-11-24-12-9-20)10-13-25-17-4-2-16(14-19)3-5-17/h2-5H,6-13,15H2,1H3. The van der Waals surface area contributed by atoms with Crippen LogP contribution in [-0.4, -0.2) is 82.0 Å². The lowest BCUT2D eigenvalue weighted by atomic mass is 10.2. The van der Waals surface area contributed by atoms with Crippen LogP contribution in [0.4, 0.5) is 0 Å². The molecule has 0 spiro atoms. The van der Waals surface area contributed by atoms with Crippen molar-refractivity contribution >= 4 is 5.97 Å². The van der Waals surface area contributed by atoms with Crippen LogP contribution in [0.3, 0.4) is 0 Å². The monoisotopic (exact) mass is 347 g/mol. The van der Waals surface area contributed by atoms with Crippen LogP contribution in [0.15, 0.2) is 24.3 Å². The minimum absolute atomic E-state index is 0.248. The maximum absolute atomic E-state index is 11.6. The molecule has 136 valence electrons. The molecular formula is C18H25N3O4. The highest BCUT2D eigenvalue weighted by atomic mass is 16.5. The minimum Gasteiger partial charge on any atom is -0.492 e. The Kier molecular flexibility index (Phi) is 8.19. The zero-order valence-electron chi connectivity index (χ0n) is 14.6. The Bertz CT molecular complexity index is 565. The van der Waals surface area contributed by atoms with E-state index in [1.807, 2.05) is 4.90 Å². The Morgan fingerprint density at radius 1 is 1.28 bits per heavy atom. The number of hydrogen-bond donors (Lipinski definition) is 0. The number of methoxy groups -OCH3 is 1. The molecule has 0 aromatic heterocycles. The van der Waals surface area contributed by atoms with Gasteiger partial charge in [-0.1, -0.05) is 0 Å². The van der Waals surface area contributed by atoms with Gasteiger partial charge in [-0.15, -0.1) is 0 Å². The van der Waals surface area contributed by atoms with Gasteiger partial charge in [0.1, 0.15) is 12.4 Å². The molecule has 0 atom stereocenters. The number of ether oxygens (including phenoxy) is 3. The van der Waals surface area contributed by atoms with E-state index in [0.717, 1.165) is 39.4 Å². The van der Waals surface area contributed by atoms with E-state index in [0.29, 0.717) is 24.5 Å². The van der Waals surface area contributed by atoms with Gasteiger partial charge in [0.05, 0.1) is 38.5 Å². The number of carbonyl (C=O) groups excluding carboxylic acids is 1. The van der Waals surface area contributed by atoms with Gasteiger partial charge >= 0.3 is 5.97 Å². The maximum atomic E-state index is 11.6. The van der Waals surface area contributed by atoms with Crippen molar-refractivity contribution in [1.29, 1.82) is 5.26 Å². The van der Waals surface area contributed by atoms with E-state index < -0.39 is 0 Å². The van der Waals surface area contributed by atoms with Crippen LogP contribution in [0.1, 0.15) is 5.56 Å². The predicted molar refractivity (Wildman–Crippen MR) is 92.4 cm³/mol. The van der Waals surface area contributed by atoms with E-state index in [9.17, 15) is 4.79 Å². The van der Waals surface area contributed by atoms with Gasteiger partial charge in [-0.05, 0) is 24.3 Å². The molecule has 25 heavy (non-hydrogen) atoms. The fraction of sp³-hybridized carbons (Fsp3) is 0.556. The van der Waals surface area contributed by atoms with Gasteiger partial charge in [-0.3, -0.25) is 14.6 Å². The van der Waals surface area contributed by atoms with Crippen LogP contribution in [0, 0.1) is 11.3 Å². The molecule has 1 saturated heterocycles. The van der Waals surface area contributed by atoms with Crippen LogP contribution < -0.4 is 4.74 Å². The number of esters is 1. The number of morpholine rings is 1. The molecule has 1 aromatic rings. The summed E-state index contributed by atoms with van der Waals surface area (Å²) in [6.45, 7) is 6.37. The molecule has 0 N–H and O–H groups in total. The largest absolute Gasteiger partial charge is 0.492 e. The third kappa shape index (κ3) is 7.10. The molecule has 1 heterocycles. The number of benzene rings is 1. The van der Waals surface area contributed by atoms with Gasteiger partial charge in [-0.25, -0.2) is 0 Å². The van der Waals surface area contributed by atoms with Crippen molar-refractivity contribution in [2.45, 2.75) is 0 Å². The minimum atomic E-state index is -0.250. The molecule has 7 nitrogen and oxygen atoms in total. The van der Waals surface area contributed by atoms with E-state index in [-0.39, 0.29) is 12.5 Å². The topological polar surface area (TPSA) is 75.0 Å². The van der Waals surface area contributed by atoms with Gasteiger partial charge in [0.2, 0.25) is 0 Å². The highest BCUT2D eigenvalue weighted by Crippen LogP contribution is 2.11. The first-order valence-corrected chi connectivity index (χ1v) is 8.43. The summed E-state index contributed by atoms with van der Waals surface area (Å²) in [4.78, 5) is 16.0. The fourth-order valence-electron chi connectivity index (χ4n) is 2.54. The second-order valence-corrected chi connectivity index (χ2v) is 5.79. The molecule has 0 bridgehead atoms. The summed E-state index contributed by atoms with van der Waals surface area (Å²) in [5.74, 6) is 0.463. The van der Waals surface area contributed by atoms with Gasteiger partial charge in [0.25, 0.3) is 0 Å². The first-order valence-electron chi connectivity index (χ1n) is 8.43. The molecule has 0 amide bonds. The zero-order valence-corrected chi connectivity index (χ0v) is 14.6. The quantitative estimate of drug-likeness (QED) is 0.610. The molecule has 7 heteroatoms. The van der Waals surface area contributed by atoms with Gasteiger partial charge in [-0.2, -0.15) is 5.26 Å². The Balaban J connectivity index is 1.77. The number of hydrogen-bond acceptors (Lipinski definition) is 7. The highest BCUT2D eigenvalue weighted by molar-refractivity contribution is 5.71. The highest BCUT2D eigenvalue weighted by Gasteiger charge is 2.15. The number of nitrogens with zero attached hydrogens (tertiary/aromatic N) is 3. The van der Waals surface area contributed by atoms with Gasteiger partial charge in [0, 0.05) is 32.7 Å². The van der Waals surface area contributed by atoms with Crippen molar-refractivity contribution in [2.75, 3.05) is 66.2 Å². The summed E-state index contributed by atoms with van der Waals surface area (Å²) < 4.78 is 15.8. The number of rotatable bonds is 9. The van der Waals surface area contributed by atoms with Gasteiger partial charge < -0.3 is 14.2 Å². The molecule has 1 aliphatic heterocycles. The second-order valence-electron chi connectivity index (χ2n) is 5.79. The maximum Gasteiger partial charge on any atom is 0.319 e. The van der Waals surface area contributed by atoms with E-state index >= 15 is 0 Å². The normalized spacial score (nSPS) is 14.9. The molecule has 2 rings (SSSR count). The Morgan fingerprint density at radius 3 is 2.64 bits per heavy atom. The molecule has 0 radical (unpaired) electrons. The lowest BCUT2D eigenvalue weighted by molar-refractivity contribution is -0.142. The van der Waals surface area contributed by atoms with Crippen LogP contribution in [0.5, 0.6) is 5.75 Å². The first kappa shape index (κ1) is 19.2. The lowest BCUT2D eigenvalue weighted by Crippen LogP contribution is -2.43. The Labute approximate surface area is 148 Å². The molecule has 1 aromatic carbocycles. The molecule has 0 unspecified atom stereocenters. The summed E-state index contributed by atoms with van der Waals surface area (Å²) in [5, 5.41) is 8.80. The van der Waals surface area contributed by atoms with Crippen molar-refractivity contribution < 1.29 is 19.0 Å². The molecule has 1 aliphatic rings. The Morgan fingerprint density at radius 2 is 2.00 bits per heavy atom. The van der Waals surface area contributed by atoms with Gasteiger partial charge in [0.15, 0.2) is 0 Å². The average Bonchev–Trinajstić information content (AvgIpc) is 2.67. The van der Waals surface area contributed by atoms with Crippen LogP contribution >= 0.6 is 0 Å². The van der Waals surface area contributed by atoms with E-state index in [1.165, 1.54) is 7.11 Å². The van der Waals surface area contributed by atoms with Crippen molar-refractivity contribution in [2.24, 2.45) is 0 Å². The van der Waals surface area contributed by atoms with E-state index in [2.05, 4.69) is 11.0 Å². The zero-order chi connectivity index (χ0) is 17.9. The fourth-order valence-corrected chi connectivity index (χ4v) is 2.54. The van der Waals surface area contributed by atoms with E-state index in [1.54, 1.807) is 24.3 Å². The first-order chi connectivity index (χ1) is 12.2. The number of nitriles is 1. The second kappa shape index (κ2) is 10.7. The average molecular weight is 347 g/mol. The summed E-state index contributed by atoms with van der Waals surface area (Å²) >= 11 is 0. The molecule has 0 aliphatic carbocycles. The van der Waals surface area contributed by atoms with Crippen molar-refractivity contribution in [1.82, 2.24) is 9.80 Å². The van der Waals surface area contributed by atoms with Crippen LogP contribution in [0.2, 0.25) is 0 Å². The SMILES string of the molecule is COC(=O)CN(CCOc1ccc(C#N)cc1)CCN1CCOCC1. The molecular weight excluding hydrogens is 322 g/mol. The third-order valence-electron chi connectivity index (χ3n) is 4.08. The molecule has 1 fully saturated rings. The van der Waals surface area contributed by atoms with Crippen LogP contribution in [0.25, 0.3) is 0 Å². The van der Waals surface area contributed by atoms with Crippen molar-refractivity contribution in [3.05, 3.63) is 29.8 Å².